The van der Waals surface area contributed by atoms with Crippen LogP contribution in [0.1, 0.15) is 0 Å². The van der Waals surface area contributed by atoms with E-state index in [9.17, 15) is 0 Å². The normalized spacial score (nSPS) is 6.57. The maximum Gasteiger partial charge on any atom is -1.00 e. The van der Waals surface area contributed by atoms with Crippen molar-refractivity contribution in [1.29, 1.82) is 0 Å². The second-order valence-electron chi connectivity index (χ2n) is 0.994. The van der Waals surface area contributed by atoms with E-state index in [0.717, 1.165) is 0 Å². The van der Waals surface area contributed by atoms with Crippen molar-refractivity contribution in [3.63, 3.8) is 0 Å². The summed E-state index contributed by atoms with van der Waals surface area (Å²) in [6.45, 7) is 0. The predicted molar refractivity (Wildman–Crippen MR) is 16.8 cm³/mol. The van der Waals surface area contributed by atoms with E-state index in [4.69, 9.17) is 0 Å². The van der Waals surface area contributed by atoms with Crippen molar-refractivity contribution < 1.29 is 46.1 Å². The van der Waals surface area contributed by atoms with Crippen molar-refractivity contribution >= 4 is 0 Å². The standard InChI is InChI=1S/C2H7N2.2ClH.Ta/c1-4(2)3;;;/h3H,1-2H3;2*1H;/q-1;;;+3/p-2. The smallest absolute Gasteiger partial charge is 1.00 e. The molecule has 0 atom stereocenters. The van der Waals surface area contributed by atoms with Crippen LogP contribution in [0, 0.1) is 0 Å². The molecule has 0 spiro atoms. The van der Waals surface area contributed by atoms with Gasteiger partial charge in [0, 0.05) is 0 Å². The van der Waals surface area contributed by atoms with Gasteiger partial charge in [0.1, 0.15) is 0 Å². The van der Waals surface area contributed by atoms with Crippen molar-refractivity contribution in [2.24, 2.45) is 0 Å². The molecule has 0 saturated heterocycles. The third-order valence-corrected chi connectivity index (χ3v) is 1.64. The van der Waals surface area contributed by atoms with Crippen molar-refractivity contribution in [1.82, 2.24) is 8.84 Å². The number of hydrogen-bond donors (Lipinski definition) is 1. The molecule has 5 heteroatoms. The monoisotopic (exact) mass is 310 g/mol. The molecule has 0 aromatic carbocycles. The topological polar surface area (TPSA) is 15.3 Å². The number of halogens is 2. The van der Waals surface area contributed by atoms with Gasteiger partial charge in [0.2, 0.25) is 0 Å². The van der Waals surface area contributed by atoms with E-state index in [1.165, 1.54) is 21.3 Å². The fourth-order valence-corrected chi connectivity index (χ4v) is 0. The summed E-state index contributed by atoms with van der Waals surface area (Å²) in [5.41, 5.74) is 0. The van der Waals surface area contributed by atoms with Crippen molar-refractivity contribution in [3.8, 4) is 0 Å². The minimum atomic E-state index is 0. The molecule has 0 heterocycles. The SMILES string of the molecule is CN(C)[NH][Ta+2].[Cl-].[Cl-]. The molecule has 0 aliphatic rings. The molecule has 0 bridgehead atoms. The van der Waals surface area contributed by atoms with Gasteiger partial charge in [-0.1, -0.05) is 0 Å². The Balaban J connectivity index is -0.0000000800. The van der Waals surface area contributed by atoms with Crippen molar-refractivity contribution in [2.75, 3.05) is 14.1 Å². The van der Waals surface area contributed by atoms with E-state index < -0.39 is 0 Å². The van der Waals surface area contributed by atoms with E-state index in [2.05, 4.69) is 3.83 Å². The van der Waals surface area contributed by atoms with Crippen LogP contribution in [0.15, 0.2) is 0 Å². The average molecular weight is 311 g/mol. The van der Waals surface area contributed by atoms with E-state index in [-0.39, 0.29) is 24.8 Å². The second-order valence-corrected chi connectivity index (χ2v) is 1.71. The summed E-state index contributed by atoms with van der Waals surface area (Å²) in [7, 11) is 3.94. The Labute approximate surface area is 69.0 Å². The Morgan fingerprint density at radius 1 is 1.29 bits per heavy atom. The molecule has 1 N–H and O–H groups in total. The van der Waals surface area contributed by atoms with Crippen LogP contribution >= 0.6 is 0 Å². The largest absolute Gasteiger partial charge is 1.00 e. The van der Waals surface area contributed by atoms with Crippen LogP contribution in [0.3, 0.4) is 0 Å². The Bertz CT molecular complexity index is 27.7. The van der Waals surface area contributed by atoms with E-state index in [1.807, 2.05) is 19.1 Å². The number of nitrogens with zero attached hydrogens (tertiary/aromatic N) is 1. The zero-order valence-corrected chi connectivity index (χ0v) is 8.88. The summed E-state index contributed by atoms with van der Waals surface area (Å²) < 4.78 is 2.97. The van der Waals surface area contributed by atoms with Gasteiger partial charge in [-0.05, 0) is 0 Å². The van der Waals surface area contributed by atoms with Gasteiger partial charge in [-0.3, -0.25) is 0 Å². The fraction of sp³-hybridized carbons (Fsp3) is 1.00. The molecule has 0 aromatic rings. The van der Waals surface area contributed by atoms with E-state index in [1.54, 1.807) is 0 Å². The first-order valence-corrected chi connectivity index (χ1v) is 2.95. The van der Waals surface area contributed by atoms with Gasteiger partial charge in [-0.25, -0.2) is 0 Å². The minimum Gasteiger partial charge on any atom is -1.00 e. The third-order valence-electron chi connectivity index (χ3n) is 0.200. The molecule has 0 aromatic heterocycles. The summed E-state index contributed by atoms with van der Waals surface area (Å²) in [5.74, 6) is 0. The Morgan fingerprint density at radius 3 is 1.43 bits per heavy atom. The van der Waals surface area contributed by atoms with Gasteiger partial charge in [0.15, 0.2) is 0 Å². The molecule has 0 aliphatic carbocycles. The quantitative estimate of drug-likeness (QED) is 0.485. The van der Waals surface area contributed by atoms with Gasteiger partial charge >= 0.3 is 44.3 Å². The molecular weight excluding hydrogens is 304 g/mol. The zero-order chi connectivity index (χ0) is 4.28. The molecule has 0 saturated carbocycles. The molecular formula is C2H7Cl2N2Ta. The maximum absolute atomic E-state index is 2.97. The summed E-state index contributed by atoms with van der Waals surface area (Å²) in [6, 6.07) is 0. The molecule has 0 rings (SSSR count). The first kappa shape index (κ1) is 15.7. The fourth-order valence-electron chi connectivity index (χ4n) is 0. The predicted octanol–water partition coefficient (Wildman–Crippen LogP) is -6.48. The van der Waals surface area contributed by atoms with E-state index >= 15 is 0 Å². The summed E-state index contributed by atoms with van der Waals surface area (Å²) in [6.07, 6.45) is 0. The minimum absolute atomic E-state index is 0. The Kier molecular flexibility index (Phi) is 23.1. The second kappa shape index (κ2) is 10.3. The molecule has 7 heavy (non-hydrogen) atoms. The zero-order valence-electron chi connectivity index (χ0n) is 4.15. The molecule has 0 aliphatic heterocycles. The number of rotatable bonds is 1. The molecule has 2 nitrogen and oxygen atoms in total. The van der Waals surface area contributed by atoms with Crippen LogP contribution in [0.5, 0.6) is 0 Å². The van der Waals surface area contributed by atoms with Crippen LogP contribution < -0.4 is 28.6 Å². The van der Waals surface area contributed by atoms with Crippen molar-refractivity contribution in [3.05, 3.63) is 0 Å². The summed E-state index contributed by atoms with van der Waals surface area (Å²) in [5, 5.41) is 1.92. The molecule has 0 fully saturated rings. The number of nitrogens with one attached hydrogen (secondary N) is 1. The third kappa shape index (κ3) is 18.9. The van der Waals surface area contributed by atoms with Crippen LogP contribution in [0.4, 0.5) is 0 Å². The van der Waals surface area contributed by atoms with Crippen LogP contribution in [-0.4, -0.2) is 19.1 Å². The van der Waals surface area contributed by atoms with Gasteiger partial charge < -0.3 is 24.8 Å². The Morgan fingerprint density at radius 2 is 1.43 bits per heavy atom. The maximum atomic E-state index is 2.97. The molecule has 0 unspecified atom stereocenters. The van der Waals surface area contributed by atoms with Crippen LogP contribution in [0.25, 0.3) is 0 Å². The summed E-state index contributed by atoms with van der Waals surface area (Å²) >= 11 is 1.21. The van der Waals surface area contributed by atoms with E-state index in [0.29, 0.717) is 0 Å². The molecule has 0 radical (unpaired) electrons. The van der Waals surface area contributed by atoms with Crippen LogP contribution in [0.2, 0.25) is 0 Å². The van der Waals surface area contributed by atoms with Gasteiger partial charge in [-0.15, -0.1) is 0 Å². The molecule has 0 amide bonds. The van der Waals surface area contributed by atoms with Gasteiger partial charge in [0.25, 0.3) is 0 Å². The van der Waals surface area contributed by atoms with Gasteiger partial charge in [0.05, 0.1) is 0 Å². The van der Waals surface area contributed by atoms with Gasteiger partial charge in [-0.2, -0.15) is 0 Å². The Hall–Kier alpha value is 1.24. The van der Waals surface area contributed by atoms with Crippen molar-refractivity contribution in [2.45, 2.75) is 0 Å². The average Bonchev–Trinajstić information content (AvgIpc) is 1.38. The first-order valence-electron chi connectivity index (χ1n) is 1.34. The van der Waals surface area contributed by atoms with Crippen LogP contribution in [-0.2, 0) is 21.3 Å². The number of hydrazine groups is 1. The first-order chi connectivity index (χ1) is 2.27. The molecule has 44 valence electrons. The number of hydrogen-bond acceptors (Lipinski definition) is 2. The summed E-state index contributed by atoms with van der Waals surface area (Å²) in [4.78, 5) is 0.